The van der Waals surface area contributed by atoms with Gasteiger partial charge in [0.1, 0.15) is 29.5 Å². The first-order valence-electron chi connectivity index (χ1n) is 10.8. The molecule has 1 aromatic heterocycles. The fourth-order valence-corrected chi connectivity index (χ4v) is 3.03. The van der Waals surface area contributed by atoms with Crippen LogP contribution in [0.25, 0.3) is 0 Å². The van der Waals surface area contributed by atoms with Gasteiger partial charge in [-0.3, -0.25) is 10.2 Å². The smallest absolute Gasteiger partial charge is 0.243 e. The molecule has 2 aromatic carbocycles. The predicted octanol–water partition coefficient (Wildman–Crippen LogP) is 2.91. The van der Waals surface area contributed by atoms with Crippen molar-refractivity contribution >= 4 is 23.3 Å². The molecule has 0 unspecified atom stereocenters. The van der Waals surface area contributed by atoms with Crippen LogP contribution in [-0.2, 0) is 4.79 Å². The van der Waals surface area contributed by atoms with Gasteiger partial charge in [0, 0.05) is 31.3 Å². The van der Waals surface area contributed by atoms with E-state index in [1.165, 1.54) is 12.4 Å². The fourth-order valence-electron chi connectivity index (χ4n) is 3.03. The van der Waals surface area contributed by atoms with Gasteiger partial charge in [0.15, 0.2) is 0 Å². The maximum absolute atomic E-state index is 11.9. The molecule has 0 spiro atoms. The van der Waals surface area contributed by atoms with E-state index < -0.39 is 0 Å². The molecule has 0 aliphatic rings. The van der Waals surface area contributed by atoms with E-state index in [1.807, 2.05) is 49.3 Å². The minimum atomic E-state index is -0.170. The van der Waals surface area contributed by atoms with Gasteiger partial charge in [0.2, 0.25) is 5.91 Å². The van der Waals surface area contributed by atoms with Gasteiger partial charge in [-0.15, -0.1) is 0 Å². The molecule has 0 fully saturated rings. The molecule has 0 saturated heterocycles. The number of aromatic nitrogens is 2. The Balaban J connectivity index is 1.61. The average molecular weight is 460 g/mol. The summed E-state index contributed by atoms with van der Waals surface area (Å²) in [6.45, 7) is 1.48. The van der Waals surface area contributed by atoms with E-state index >= 15 is 0 Å². The number of para-hydroxylation sites is 1. The number of likely N-dealkylation sites (N-methyl/N-ethyl adjacent to an activating group) is 1. The van der Waals surface area contributed by atoms with Gasteiger partial charge in [-0.1, -0.05) is 24.3 Å². The number of rotatable bonds is 11. The highest BCUT2D eigenvalue weighted by Crippen LogP contribution is 2.25. The summed E-state index contributed by atoms with van der Waals surface area (Å²) in [5, 5.41) is 14.6. The largest absolute Gasteiger partial charge is 0.457 e. The van der Waals surface area contributed by atoms with E-state index in [0.717, 1.165) is 5.75 Å². The summed E-state index contributed by atoms with van der Waals surface area (Å²) in [5.41, 5.74) is 7.31. The summed E-state index contributed by atoms with van der Waals surface area (Å²) in [6.07, 6.45) is 4.65. The van der Waals surface area contributed by atoms with E-state index in [1.54, 1.807) is 30.3 Å². The molecular weight excluding hydrogens is 430 g/mol. The molecule has 176 valence electrons. The predicted molar refractivity (Wildman–Crippen MR) is 135 cm³/mol. The monoisotopic (exact) mass is 459 g/mol. The first-order valence-corrected chi connectivity index (χ1v) is 10.8. The number of ether oxygens (including phenoxy) is 1. The number of hydrogen-bond acceptors (Lipinski definition) is 8. The van der Waals surface area contributed by atoms with Crippen LogP contribution < -0.4 is 21.1 Å². The minimum Gasteiger partial charge on any atom is -0.457 e. The quantitative estimate of drug-likeness (QED) is 0.197. The maximum Gasteiger partial charge on any atom is 0.243 e. The molecule has 3 aromatic rings. The van der Waals surface area contributed by atoms with Crippen molar-refractivity contribution in [3.8, 4) is 11.5 Å². The molecule has 3 rings (SSSR count). The summed E-state index contributed by atoms with van der Waals surface area (Å²) >= 11 is 0. The first kappa shape index (κ1) is 24.4. The minimum absolute atomic E-state index is 0.170. The summed E-state index contributed by atoms with van der Waals surface area (Å²) in [7, 11) is 3.86. The topological polar surface area (TPSA) is 129 Å². The molecule has 0 aliphatic heterocycles. The number of nitrogens with two attached hydrogens (primary N) is 1. The standard InChI is InChI=1S/C25H29N7O2/c1-32(2)16-6-9-21(33)28-14-15-29-25-22(24(27)30-17-31-25)23(26)18-10-12-20(13-11-18)34-19-7-4-3-5-8-19/h3-13,17,26H,14-16H2,1-2H3,(H,28,33)(H3,27,29,30,31)/b9-6+,26-23?. The Labute approximate surface area is 199 Å². The summed E-state index contributed by atoms with van der Waals surface area (Å²) in [4.78, 5) is 22.1. The zero-order valence-corrected chi connectivity index (χ0v) is 19.3. The zero-order chi connectivity index (χ0) is 24.3. The van der Waals surface area contributed by atoms with Crippen LogP contribution in [0.2, 0.25) is 0 Å². The Morgan fingerprint density at radius 1 is 1.06 bits per heavy atom. The maximum atomic E-state index is 11.9. The van der Waals surface area contributed by atoms with Gasteiger partial charge >= 0.3 is 0 Å². The Kier molecular flexibility index (Phi) is 8.70. The van der Waals surface area contributed by atoms with Crippen molar-refractivity contribution in [3.63, 3.8) is 0 Å². The lowest BCUT2D eigenvalue weighted by Crippen LogP contribution is -2.28. The van der Waals surface area contributed by atoms with Gasteiger partial charge in [-0.25, -0.2) is 9.97 Å². The number of hydrogen-bond donors (Lipinski definition) is 4. The molecule has 0 bridgehead atoms. The van der Waals surface area contributed by atoms with Crippen molar-refractivity contribution in [1.82, 2.24) is 20.2 Å². The second kappa shape index (κ2) is 12.1. The van der Waals surface area contributed by atoms with Crippen molar-refractivity contribution in [1.29, 1.82) is 5.41 Å². The Morgan fingerprint density at radius 3 is 2.47 bits per heavy atom. The van der Waals surface area contributed by atoms with E-state index in [0.29, 0.717) is 42.3 Å². The molecular formula is C25H29N7O2. The van der Waals surface area contributed by atoms with E-state index in [4.69, 9.17) is 15.9 Å². The highest BCUT2D eigenvalue weighted by Gasteiger charge is 2.16. The number of benzene rings is 2. The highest BCUT2D eigenvalue weighted by molar-refractivity contribution is 6.16. The van der Waals surface area contributed by atoms with Crippen LogP contribution in [0, 0.1) is 5.41 Å². The molecule has 0 atom stereocenters. The Morgan fingerprint density at radius 2 is 1.76 bits per heavy atom. The lowest BCUT2D eigenvalue weighted by atomic mass is 10.0. The van der Waals surface area contributed by atoms with Crippen molar-refractivity contribution < 1.29 is 9.53 Å². The van der Waals surface area contributed by atoms with Gasteiger partial charge < -0.3 is 26.0 Å². The SMILES string of the molecule is CN(C)C/C=C/C(=O)NCCNc1ncnc(N)c1C(=N)c1ccc(Oc2ccccc2)cc1. The summed E-state index contributed by atoms with van der Waals surface area (Å²) < 4.78 is 5.81. The normalized spacial score (nSPS) is 10.9. The van der Waals surface area contributed by atoms with Crippen LogP contribution in [0.4, 0.5) is 11.6 Å². The zero-order valence-electron chi connectivity index (χ0n) is 19.3. The Bertz CT molecular complexity index is 1130. The lowest BCUT2D eigenvalue weighted by molar-refractivity contribution is -0.116. The molecule has 9 heteroatoms. The third-order valence-electron chi connectivity index (χ3n) is 4.70. The molecule has 1 amide bonds. The Hall–Kier alpha value is -4.24. The second-order valence-electron chi connectivity index (χ2n) is 7.68. The lowest BCUT2D eigenvalue weighted by Gasteiger charge is -2.14. The second-order valence-corrected chi connectivity index (χ2v) is 7.68. The van der Waals surface area contributed by atoms with Gasteiger partial charge in [-0.2, -0.15) is 0 Å². The number of nitrogens with one attached hydrogen (secondary N) is 3. The number of anilines is 2. The van der Waals surface area contributed by atoms with Crippen LogP contribution in [0.15, 0.2) is 73.1 Å². The summed E-state index contributed by atoms with van der Waals surface area (Å²) in [5.74, 6) is 1.85. The van der Waals surface area contributed by atoms with Crippen LogP contribution >= 0.6 is 0 Å². The number of nitrogen functional groups attached to an aromatic ring is 1. The van der Waals surface area contributed by atoms with Crippen LogP contribution in [-0.4, -0.2) is 60.2 Å². The van der Waals surface area contributed by atoms with E-state index in [9.17, 15) is 4.79 Å². The first-order chi connectivity index (χ1) is 16.4. The summed E-state index contributed by atoms with van der Waals surface area (Å²) in [6, 6.07) is 16.6. The van der Waals surface area contributed by atoms with Gasteiger partial charge in [0.05, 0.1) is 11.3 Å². The van der Waals surface area contributed by atoms with Crippen molar-refractivity contribution in [2.45, 2.75) is 0 Å². The van der Waals surface area contributed by atoms with Crippen molar-refractivity contribution in [3.05, 3.63) is 84.2 Å². The van der Waals surface area contributed by atoms with Gasteiger partial charge in [-0.05, 0) is 50.5 Å². The van der Waals surface area contributed by atoms with Crippen LogP contribution in [0.5, 0.6) is 11.5 Å². The van der Waals surface area contributed by atoms with Crippen LogP contribution in [0.3, 0.4) is 0 Å². The van der Waals surface area contributed by atoms with E-state index in [2.05, 4.69) is 20.6 Å². The number of carbonyl (C=O) groups excluding carboxylic acids is 1. The third kappa shape index (κ3) is 7.14. The highest BCUT2D eigenvalue weighted by atomic mass is 16.5. The molecule has 5 N–H and O–H groups in total. The molecule has 34 heavy (non-hydrogen) atoms. The molecule has 0 saturated carbocycles. The van der Waals surface area contributed by atoms with Gasteiger partial charge in [0.25, 0.3) is 0 Å². The average Bonchev–Trinajstić information content (AvgIpc) is 2.82. The molecule has 1 heterocycles. The van der Waals surface area contributed by atoms with Crippen LogP contribution in [0.1, 0.15) is 11.1 Å². The molecule has 9 nitrogen and oxygen atoms in total. The van der Waals surface area contributed by atoms with E-state index in [-0.39, 0.29) is 17.4 Å². The fraction of sp³-hybridized carbons (Fsp3) is 0.200. The number of amides is 1. The number of carbonyl (C=O) groups is 1. The molecule has 0 radical (unpaired) electrons. The van der Waals surface area contributed by atoms with Crippen molar-refractivity contribution in [2.24, 2.45) is 0 Å². The van der Waals surface area contributed by atoms with Crippen molar-refractivity contribution in [2.75, 3.05) is 44.8 Å². The molecule has 0 aliphatic carbocycles. The third-order valence-corrected chi connectivity index (χ3v) is 4.70. The number of nitrogens with zero attached hydrogens (tertiary/aromatic N) is 3.